The molecule has 1 spiro atoms. The maximum atomic E-state index is 11.0. The van der Waals surface area contributed by atoms with Crippen LogP contribution in [-0.4, -0.2) is 23.2 Å². The zero-order valence-corrected chi connectivity index (χ0v) is 9.60. The molecule has 1 aliphatic heterocycles. The van der Waals surface area contributed by atoms with E-state index in [1.165, 1.54) is 24.2 Å². The largest absolute Gasteiger partial charge is 0.481 e. The molecule has 1 fully saturated rings. The highest BCUT2D eigenvalue weighted by atomic mass is 32.1. The van der Waals surface area contributed by atoms with E-state index in [9.17, 15) is 4.79 Å². The van der Waals surface area contributed by atoms with E-state index < -0.39 is 5.97 Å². The van der Waals surface area contributed by atoms with Gasteiger partial charge >= 0.3 is 5.97 Å². The summed E-state index contributed by atoms with van der Waals surface area (Å²) in [6, 6.07) is 0. The molecular weight excluding hydrogens is 226 g/mol. The van der Waals surface area contributed by atoms with Gasteiger partial charge in [-0.25, -0.2) is 4.79 Å². The molecule has 0 amide bonds. The quantitative estimate of drug-likeness (QED) is 0.790. The average molecular weight is 239 g/mol. The Bertz CT molecular complexity index is 434. The number of hydrogen-bond acceptors (Lipinski definition) is 4. The van der Waals surface area contributed by atoms with Crippen LogP contribution in [0.25, 0.3) is 0 Å². The molecule has 86 valence electrons. The van der Waals surface area contributed by atoms with Gasteiger partial charge in [0, 0.05) is 5.38 Å². The zero-order valence-electron chi connectivity index (χ0n) is 8.78. The van der Waals surface area contributed by atoms with Crippen molar-refractivity contribution >= 4 is 23.0 Å². The molecular formula is C11H13NO3S. The first-order valence-corrected chi connectivity index (χ1v) is 6.36. The molecule has 1 aromatic heterocycles. The van der Waals surface area contributed by atoms with Crippen LogP contribution in [0.2, 0.25) is 0 Å². The number of aromatic carboxylic acids is 1. The number of carbonyl (C=O) groups is 1. The van der Waals surface area contributed by atoms with E-state index in [-0.39, 0.29) is 5.60 Å². The molecule has 1 saturated carbocycles. The van der Waals surface area contributed by atoms with Crippen molar-refractivity contribution in [3.8, 4) is 5.75 Å². The van der Waals surface area contributed by atoms with E-state index in [1.54, 1.807) is 0 Å². The number of hydrogen-bond donors (Lipinski definition) is 2. The monoisotopic (exact) mass is 239 g/mol. The summed E-state index contributed by atoms with van der Waals surface area (Å²) in [6.07, 6.45) is 4.38. The Morgan fingerprint density at radius 1 is 1.50 bits per heavy atom. The van der Waals surface area contributed by atoms with Crippen LogP contribution in [0.15, 0.2) is 5.38 Å². The van der Waals surface area contributed by atoms with Gasteiger partial charge in [-0.1, -0.05) is 0 Å². The number of ether oxygens (including phenoxy) is 1. The molecule has 2 heterocycles. The zero-order chi connectivity index (χ0) is 11.2. The van der Waals surface area contributed by atoms with Crippen LogP contribution < -0.4 is 10.1 Å². The summed E-state index contributed by atoms with van der Waals surface area (Å²) in [5.41, 5.74) is 0.679. The summed E-state index contributed by atoms with van der Waals surface area (Å²) in [5.74, 6) is -0.353. The molecule has 2 aliphatic rings. The first kappa shape index (κ1) is 9.96. The molecule has 3 rings (SSSR count). The third-order valence-corrected chi connectivity index (χ3v) is 4.32. The maximum absolute atomic E-state index is 11.0. The van der Waals surface area contributed by atoms with Gasteiger partial charge in [0.25, 0.3) is 0 Å². The first-order chi connectivity index (χ1) is 7.70. The highest BCUT2D eigenvalue weighted by molar-refractivity contribution is 7.13. The summed E-state index contributed by atoms with van der Waals surface area (Å²) in [4.78, 5) is 11.4. The van der Waals surface area contributed by atoms with Crippen LogP contribution in [0, 0.1) is 0 Å². The van der Waals surface area contributed by atoms with Gasteiger partial charge in [0.1, 0.15) is 5.60 Å². The number of fused-ring (bicyclic) bond motifs is 1. The topological polar surface area (TPSA) is 58.6 Å². The van der Waals surface area contributed by atoms with Crippen molar-refractivity contribution in [3.63, 3.8) is 0 Å². The highest BCUT2D eigenvalue weighted by Gasteiger charge is 2.41. The minimum absolute atomic E-state index is 0.154. The first-order valence-electron chi connectivity index (χ1n) is 5.48. The minimum Gasteiger partial charge on any atom is -0.481 e. The Labute approximate surface area is 97.2 Å². The molecule has 0 atom stereocenters. The Kier molecular flexibility index (Phi) is 2.10. The minimum atomic E-state index is -0.900. The van der Waals surface area contributed by atoms with Crippen molar-refractivity contribution in [3.05, 3.63) is 10.3 Å². The van der Waals surface area contributed by atoms with Crippen molar-refractivity contribution in [2.24, 2.45) is 0 Å². The van der Waals surface area contributed by atoms with E-state index in [1.807, 2.05) is 5.38 Å². The molecule has 0 unspecified atom stereocenters. The second-order valence-corrected chi connectivity index (χ2v) is 5.34. The fourth-order valence-electron chi connectivity index (χ4n) is 2.53. The predicted octanol–water partition coefficient (Wildman–Crippen LogP) is 2.56. The Hall–Kier alpha value is -1.23. The second kappa shape index (κ2) is 3.38. The third-order valence-electron chi connectivity index (χ3n) is 3.37. The Morgan fingerprint density at radius 3 is 2.94 bits per heavy atom. The lowest BCUT2D eigenvalue weighted by Gasteiger charge is -2.35. The van der Waals surface area contributed by atoms with Gasteiger partial charge in [-0.3, -0.25) is 0 Å². The summed E-state index contributed by atoms with van der Waals surface area (Å²) >= 11 is 1.23. The van der Waals surface area contributed by atoms with E-state index >= 15 is 0 Å². The van der Waals surface area contributed by atoms with Crippen LogP contribution in [0.5, 0.6) is 5.75 Å². The van der Waals surface area contributed by atoms with Crippen molar-refractivity contribution in [1.29, 1.82) is 0 Å². The molecule has 1 aliphatic carbocycles. The van der Waals surface area contributed by atoms with Crippen LogP contribution in [0.3, 0.4) is 0 Å². The van der Waals surface area contributed by atoms with Crippen molar-refractivity contribution in [2.45, 2.75) is 31.3 Å². The number of nitrogens with one attached hydrogen (secondary N) is 1. The second-order valence-electron chi connectivity index (χ2n) is 4.46. The molecule has 16 heavy (non-hydrogen) atoms. The van der Waals surface area contributed by atoms with Crippen LogP contribution in [0.4, 0.5) is 5.69 Å². The number of carboxylic acid groups (broad SMARTS) is 1. The van der Waals surface area contributed by atoms with Crippen LogP contribution in [0.1, 0.15) is 35.4 Å². The fourth-order valence-corrected chi connectivity index (χ4v) is 3.31. The van der Waals surface area contributed by atoms with E-state index in [0.29, 0.717) is 10.6 Å². The summed E-state index contributed by atoms with van der Waals surface area (Å²) in [5, 5.41) is 14.2. The molecule has 1 aromatic rings. The lowest BCUT2D eigenvalue weighted by atomic mass is 10.0. The van der Waals surface area contributed by atoms with Crippen molar-refractivity contribution in [2.75, 3.05) is 11.9 Å². The summed E-state index contributed by atoms with van der Waals surface area (Å²) < 4.78 is 5.98. The molecule has 2 N–H and O–H groups in total. The SMILES string of the molecule is O=C(O)c1scc2c1OC1(CCCC1)CN2. The molecule has 0 aromatic carbocycles. The maximum Gasteiger partial charge on any atom is 0.349 e. The van der Waals surface area contributed by atoms with E-state index in [4.69, 9.17) is 9.84 Å². The lowest BCUT2D eigenvalue weighted by Crippen LogP contribution is -2.43. The fraction of sp³-hybridized carbons (Fsp3) is 0.545. The standard InChI is InChI=1S/C11H13NO3S/c13-10(14)9-8-7(5-16-9)12-6-11(15-8)3-1-2-4-11/h5,12H,1-4,6H2,(H,13,14). The predicted molar refractivity (Wildman–Crippen MR) is 61.6 cm³/mol. The van der Waals surface area contributed by atoms with E-state index in [2.05, 4.69) is 5.32 Å². The van der Waals surface area contributed by atoms with Crippen LogP contribution >= 0.6 is 11.3 Å². The van der Waals surface area contributed by atoms with E-state index in [0.717, 1.165) is 25.1 Å². The molecule has 0 saturated heterocycles. The molecule has 0 radical (unpaired) electrons. The molecule has 5 heteroatoms. The van der Waals surface area contributed by atoms with Crippen LogP contribution in [-0.2, 0) is 0 Å². The lowest BCUT2D eigenvalue weighted by molar-refractivity contribution is 0.0654. The summed E-state index contributed by atoms with van der Waals surface area (Å²) in [6.45, 7) is 0.801. The van der Waals surface area contributed by atoms with Crippen molar-refractivity contribution in [1.82, 2.24) is 0 Å². The Balaban J connectivity index is 1.97. The van der Waals surface area contributed by atoms with Gasteiger partial charge in [0.15, 0.2) is 10.6 Å². The van der Waals surface area contributed by atoms with Gasteiger partial charge in [-0.05, 0) is 25.7 Å². The number of anilines is 1. The summed E-state index contributed by atoms with van der Waals surface area (Å²) in [7, 11) is 0. The number of thiophene rings is 1. The Morgan fingerprint density at radius 2 is 2.25 bits per heavy atom. The molecule has 4 nitrogen and oxygen atoms in total. The highest BCUT2D eigenvalue weighted by Crippen LogP contribution is 2.45. The average Bonchev–Trinajstić information content (AvgIpc) is 2.85. The van der Waals surface area contributed by atoms with Gasteiger partial charge in [0.2, 0.25) is 0 Å². The normalized spacial score (nSPS) is 21.2. The van der Waals surface area contributed by atoms with Crippen molar-refractivity contribution < 1.29 is 14.6 Å². The van der Waals surface area contributed by atoms with Gasteiger partial charge in [-0.15, -0.1) is 11.3 Å². The third kappa shape index (κ3) is 1.38. The number of carboxylic acids is 1. The van der Waals surface area contributed by atoms with Gasteiger partial charge in [0.05, 0.1) is 12.2 Å². The van der Waals surface area contributed by atoms with Gasteiger partial charge in [-0.2, -0.15) is 0 Å². The smallest absolute Gasteiger partial charge is 0.349 e. The van der Waals surface area contributed by atoms with Gasteiger partial charge < -0.3 is 15.2 Å². The number of rotatable bonds is 1. The molecule has 0 bridgehead atoms.